The van der Waals surface area contributed by atoms with Gasteiger partial charge in [0.2, 0.25) is 0 Å². The van der Waals surface area contributed by atoms with Crippen LogP contribution >= 0.6 is 0 Å². The molecule has 0 aromatic carbocycles. The zero-order chi connectivity index (χ0) is 19.2. The van der Waals surface area contributed by atoms with Crippen LogP contribution in [0.2, 0.25) is 0 Å². The summed E-state index contributed by atoms with van der Waals surface area (Å²) < 4.78 is 0. The Balaban J connectivity index is 2.82. The van der Waals surface area contributed by atoms with Gasteiger partial charge in [-0.1, -0.05) is 75.8 Å². The fourth-order valence-electron chi connectivity index (χ4n) is 3.58. The van der Waals surface area contributed by atoms with Crippen LogP contribution in [0, 0.1) is 17.3 Å². The topological polar surface area (TPSA) is 37.3 Å². The van der Waals surface area contributed by atoms with E-state index < -0.39 is 11.9 Å². The second kappa shape index (κ2) is 9.03. The molecule has 1 aliphatic carbocycles. The van der Waals surface area contributed by atoms with Crippen LogP contribution in [0.15, 0.2) is 59.3 Å². The Morgan fingerprint density at radius 3 is 2.44 bits per heavy atom. The maximum absolute atomic E-state index is 11.3. The van der Waals surface area contributed by atoms with Crippen molar-refractivity contribution in [2.45, 2.75) is 60.8 Å². The predicted molar refractivity (Wildman–Crippen MR) is 107 cm³/mol. The standard InChI is InChI=1S/C23H34O2/c1-16(2)21(22(24)25)19(5)11-8-10-17(3)13-14-20-18(4)12-9-15-23(20,6)7/h8,10-11,13-14,16,21H,5,9,12,15H2,1-4,6-7H3,(H,24,25)/b11-8+,14-13+,17-10+. The molecule has 1 atom stereocenters. The van der Waals surface area contributed by atoms with Crippen LogP contribution < -0.4 is 0 Å². The Hall–Kier alpha value is -1.83. The van der Waals surface area contributed by atoms with E-state index in [1.807, 2.05) is 32.1 Å². The first-order valence-electron chi connectivity index (χ1n) is 9.21. The highest BCUT2D eigenvalue weighted by atomic mass is 16.4. The Labute approximate surface area is 153 Å². The molecule has 0 amide bonds. The van der Waals surface area contributed by atoms with Crippen LogP contribution in [-0.4, -0.2) is 11.1 Å². The summed E-state index contributed by atoms with van der Waals surface area (Å²) in [5, 5.41) is 9.30. The first kappa shape index (κ1) is 21.2. The number of hydrogen-bond donors (Lipinski definition) is 1. The van der Waals surface area contributed by atoms with Crippen LogP contribution in [-0.2, 0) is 4.79 Å². The average Bonchev–Trinajstić information content (AvgIpc) is 2.45. The third-order valence-corrected chi connectivity index (χ3v) is 5.06. The molecule has 0 fully saturated rings. The van der Waals surface area contributed by atoms with Crippen molar-refractivity contribution < 1.29 is 9.90 Å². The van der Waals surface area contributed by atoms with Crippen LogP contribution in [0.4, 0.5) is 0 Å². The number of hydrogen-bond acceptors (Lipinski definition) is 1. The lowest BCUT2D eigenvalue weighted by Gasteiger charge is -2.32. The number of carbonyl (C=O) groups is 1. The normalized spacial score (nSPS) is 19.9. The molecule has 0 aromatic heterocycles. The first-order chi connectivity index (χ1) is 11.6. The maximum atomic E-state index is 11.3. The summed E-state index contributed by atoms with van der Waals surface area (Å²) in [4.78, 5) is 11.3. The Bertz CT molecular complexity index is 624. The van der Waals surface area contributed by atoms with Crippen LogP contribution in [0.3, 0.4) is 0 Å². The van der Waals surface area contributed by atoms with Crippen molar-refractivity contribution in [1.82, 2.24) is 0 Å². The molecular weight excluding hydrogens is 308 g/mol. The molecule has 0 radical (unpaired) electrons. The molecule has 0 saturated carbocycles. The van der Waals surface area contributed by atoms with Gasteiger partial charge in [0.15, 0.2) is 0 Å². The summed E-state index contributed by atoms with van der Waals surface area (Å²) in [5.74, 6) is -1.31. The molecular formula is C23H34O2. The summed E-state index contributed by atoms with van der Waals surface area (Å²) in [5.41, 5.74) is 4.97. The van der Waals surface area contributed by atoms with Crippen molar-refractivity contribution in [3.8, 4) is 0 Å². The molecule has 0 aliphatic heterocycles. The summed E-state index contributed by atoms with van der Waals surface area (Å²) in [6.45, 7) is 16.7. The Morgan fingerprint density at radius 1 is 1.28 bits per heavy atom. The van der Waals surface area contributed by atoms with Gasteiger partial charge in [-0.15, -0.1) is 0 Å². The minimum absolute atomic E-state index is 0.0306. The number of rotatable bonds is 7. The summed E-state index contributed by atoms with van der Waals surface area (Å²) in [6, 6.07) is 0. The van der Waals surface area contributed by atoms with Crippen molar-refractivity contribution in [3.63, 3.8) is 0 Å². The fraction of sp³-hybridized carbons (Fsp3) is 0.522. The monoisotopic (exact) mass is 342 g/mol. The smallest absolute Gasteiger partial charge is 0.311 e. The van der Waals surface area contributed by atoms with E-state index in [2.05, 4.69) is 46.4 Å². The lowest BCUT2D eigenvalue weighted by Crippen LogP contribution is -2.20. The molecule has 0 spiro atoms. The van der Waals surface area contributed by atoms with Gasteiger partial charge in [-0.25, -0.2) is 0 Å². The van der Waals surface area contributed by atoms with E-state index in [0.29, 0.717) is 5.57 Å². The van der Waals surface area contributed by atoms with Gasteiger partial charge >= 0.3 is 5.97 Å². The van der Waals surface area contributed by atoms with Gasteiger partial charge in [-0.2, -0.15) is 0 Å². The van der Waals surface area contributed by atoms with E-state index in [-0.39, 0.29) is 11.3 Å². The molecule has 1 aliphatic rings. The van der Waals surface area contributed by atoms with E-state index in [1.54, 1.807) is 0 Å². The SMILES string of the molecule is C=C(/C=C/C=C(C)/C=C/C1=C(C)CCCC1(C)C)C(C(=O)O)C(C)C. The van der Waals surface area contributed by atoms with Gasteiger partial charge in [0.1, 0.15) is 0 Å². The van der Waals surface area contributed by atoms with Crippen molar-refractivity contribution >= 4 is 5.97 Å². The molecule has 0 saturated heterocycles. The number of allylic oxidation sites excluding steroid dienone is 8. The minimum Gasteiger partial charge on any atom is -0.481 e. The number of aliphatic carboxylic acids is 1. The molecule has 2 heteroatoms. The lowest BCUT2D eigenvalue weighted by atomic mass is 9.72. The number of carboxylic acids is 1. The zero-order valence-electron chi connectivity index (χ0n) is 16.7. The highest BCUT2D eigenvalue weighted by molar-refractivity contribution is 5.74. The van der Waals surface area contributed by atoms with Gasteiger partial charge in [0.05, 0.1) is 5.92 Å². The van der Waals surface area contributed by atoms with E-state index >= 15 is 0 Å². The lowest BCUT2D eigenvalue weighted by molar-refractivity contribution is -0.141. The highest BCUT2D eigenvalue weighted by Crippen LogP contribution is 2.40. The van der Waals surface area contributed by atoms with Gasteiger partial charge in [0.25, 0.3) is 0 Å². The van der Waals surface area contributed by atoms with E-state index in [1.165, 1.54) is 30.4 Å². The van der Waals surface area contributed by atoms with Crippen LogP contribution in [0.1, 0.15) is 60.8 Å². The van der Waals surface area contributed by atoms with Gasteiger partial charge in [0, 0.05) is 0 Å². The molecule has 25 heavy (non-hydrogen) atoms. The fourth-order valence-corrected chi connectivity index (χ4v) is 3.58. The predicted octanol–water partition coefficient (Wildman–Crippen LogP) is 6.48. The highest BCUT2D eigenvalue weighted by Gasteiger charge is 2.26. The summed E-state index contributed by atoms with van der Waals surface area (Å²) in [6.07, 6.45) is 13.8. The maximum Gasteiger partial charge on any atom is 0.311 e. The zero-order valence-corrected chi connectivity index (χ0v) is 16.7. The first-order valence-corrected chi connectivity index (χ1v) is 9.21. The molecule has 0 aromatic rings. The Morgan fingerprint density at radius 2 is 1.92 bits per heavy atom. The average molecular weight is 343 g/mol. The van der Waals surface area contributed by atoms with Gasteiger partial charge in [-0.05, 0) is 55.6 Å². The second-order valence-corrected chi connectivity index (χ2v) is 8.17. The van der Waals surface area contributed by atoms with E-state index in [4.69, 9.17) is 0 Å². The molecule has 1 unspecified atom stereocenters. The molecule has 0 heterocycles. The van der Waals surface area contributed by atoms with E-state index in [0.717, 1.165) is 5.57 Å². The largest absolute Gasteiger partial charge is 0.481 e. The molecule has 138 valence electrons. The quantitative estimate of drug-likeness (QED) is 0.537. The summed E-state index contributed by atoms with van der Waals surface area (Å²) >= 11 is 0. The van der Waals surface area contributed by atoms with Crippen LogP contribution in [0.25, 0.3) is 0 Å². The van der Waals surface area contributed by atoms with Crippen molar-refractivity contribution in [1.29, 1.82) is 0 Å². The molecule has 2 nitrogen and oxygen atoms in total. The van der Waals surface area contributed by atoms with Crippen molar-refractivity contribution in [2.75, 3.05) is 0 Å². The van der Waals surface area contributed by atoms with Gasteiger partial charge in [-0.3, -0.25) is 4.79 Å². The molecule has 1 rings (SSSR count). The second-order valence-electron chi connectivity index (χ2n) is 8.17. The third-order valence-electron chi connectivity index (χ3n) is 5.06. The molecule has 0 bridgehead atoms. The van der Waals surface area contributed by atoms with E-state index in [9.17, 15) is 9.90 Å². The van der Waals surface area contributed by atoms with Crippen molar-refractivity contribution in [3.05, 3.63) is 59.3 Å². The molecule has 1 N–H and O–H groups in total. The van der Waals surface area contributed by atoms with Gasteiger partial charge < -0.3 is 5.11 Å². The van der Waals surface area contributed by atoms with Crippen molar-refractivity contribution in [2.24, 2.45) is 17.3 Å². The Kier molecular flexibility index (Phi) is 7.66. The van der Waals surface area contributed by atoms with Crippen LogP contribution in [0.5, 0.6) is 0 Å². The minimum atomic E-state index is -0.813. The number of carboxylic acid groups (broad SMARTS) is 1. The summed E-state index contributed by atoms with van der Waals surface area (Å²) in [7, 11) is 0. The third kappa shape index (κ3) is 6.19.